The van der Waals surface area contributed by atoms with Gasteiger partial charge in [-0.25, -0.2) is 9.59 Å². The molecule has 2 rings (SSSR count). The molecule has 0 spiro atoms. The molecule has 2 N–H and O–H groups in total. The zero-order valence-electron chi connectivity index (χ0n) is 11.4. The normalized spacial score (nSPS) is 21.4. The summed E-state index contributed by atoms with van der Waals surface area (Å²) in [6.07, 6.45) is 0. The van der Waals surface area contributed by atoms with Crippen molar-refractivity contribution >= 4 is 57.0 Å². The summed E-state index contributed by atoms with van der Waals surface area (Å²) in [6, 6.07) is 2.18. The fourth-order valence-corrected chi connectivity index (χ4v) is 3.95. The lowest BCUT2D eigenvalue weighted by Gasteiger charge is -2.25. The maximum atomic E-state index is 12.4. The number of nitrogens with one attached hydrogen (secondary N) is 1. The van der Waals surface area contributed by atoms with Gasteiger partial charge in [0.15, 0.2) is 0 Å². The van der Waals surface area contributed by atoms with Crippen LogP contribution in [0.4, 0.5) is 10.5 Å². The monoisotopic (exact) mass is 392 g/mol. The SMILES string of the molecule is Cc1cc(Br)c(NC(=O)N2C(C)SCC2C(=O)O)cc1Cl. The fourth-order valence-electron chi connectivity index (χ4n) is 2.06. The number of nitrogens with zero attached hydrogens (tertiary/aromatic N) is 1. The van der Waals surface area contributed by atoms with Gasteiger partial charge in [-0.3, -0.25) is 4.90 Å². The van der Waals surface area contributed by atoms with Crippen molar-refractivity contribution in [2.24, 2.45) is 0 Å². The maximum Gasteiger partial charge on any atom is 0.327 e. The number of amides is 2. The highest BCUT2D eigenvalue weighted by molar-refractivity contribution is 9.10. The maximum absolute atomic E-state index is 12.4. The van der Waals surface area contributed by atoms with E-state index in [2.05, 4.69) is 21.2 Å². The van der Waals surface area contributed by atoms with Gasteiger partial charge in [0.25, 0.3) is 0 Å². The van der Waals surface area contributed by atoms with Crippen LogP contribution in [0.2, 0.25) is 5.02 Å². The zero-order chi connectivity index (χ0) is 15.7. The Hall–Kier alpha value is -0.920. The third-order valence-electron chi connectivity index (χ3n) is 3.23. The van der Waals surface area contributed by atoms with Gasteiger partial charge in [0.1, 0.15) is 6.04 Å². The van der Waals surface area contributed by atoms with Crippen LogP contribution in [0.25, 0.3) is 0 Å². The number of urea groups is 1. The molecular weight excluding hydrogens is 380 g/mol. The molecule has 0 radical (unpaired) electrons. The number of benzene rings is 1. The quantitative estimate of drug-likeness (QED) is 0.802. The molecule has 1 aliphatic rings. The number of hydrogen-bond acceptors (Lipinski definition) is 3. The minimum absolute atomic E-state index is 0.189. The number of carboxylic acids is 1. The Morgan fingerprint density at radius 2 is 2.19 bits per heavy atom. The fraction of sp³-hybridized carbons (Fsp3) is 0.385. The number of hydrogen-bond donors (Lipinski definition) is 2. The van der Waals surface area contributed by atoms with E-state index in [0.717, 1.165) is 5.56 Å². The molecule has 8 heteroatoms. The van der Waals surface area contributed by atoms with Crippen molar-refractivity contribution in [1.29, 1.82) is 0 Å². The minimum atomic E-state index is -0.997. The molecule has 0 saturated carbocycles. The van der Waals surface area contributed by atoms with E-state index in [0.29, 0.717) is 20.9 Å². The van der Waals surface area contributed by atoms with Crippen molar-refractivity contribution in [3.8, 4) is 0 Å². The van der Waals surface area contributed by atoms with Crippen molar-refractivity contribution in [3.63, 3.8) is 0 Å². The number of thioether (sulfide) groups is 1. The Morgan fingerprint density at radius 1 is 1.52 bits per heavy atom. The summed E-state index contributed by atoms with van der Waals surface area (Å²) in [5.41, 5.74) is 1.40. The molecule has 0 aromatic heterocycles. The van der Waals surface area contributed by atoms with Gasteiger partial charge in [-0.15, -0.1) is 11.8 Å². The largest absolute Gasteiger partial charge is 0.480 e. The van der Waals surface area contributed by atoms with E-state index in [1.54, 1.807) is 12.1 Å². The summed E-state index contributed by atoms with van der Waals surface area (Å²) in [6.45, 7) is 3.67. The van der Waals surface area contributed by atoms with Crippen LogP contribution in [0.1, 0.15) is 12.5 Å². The van der Waals surface area contributed by atoms with Crippen molar-refractivity contribution in [3.05, 3.63) is 27.2 Å². The van der Waals surface area contributed by atoms with Gasteiger partial charge < -0.3 is 10.4 Å². The standard InChI is InChI=1S/C13H14BrClN2O3S/c1-6-3-8(14)10(4-9(6)15)16-13(20)17-7(2)21-5-11(17)12(18)19/h3-4,7,11H,5H2,1-2H3,(H,16,20)(H,18,19). The van der Waals surface area contributed by atoms with Crippen LogP contribution in [0.5, 0.6) is 0 Å². The summed E-state index contributed by atoms with van der Waals surface area (Å²) >= 11 is 10.9. The van der Waals surface area contributed by atoms with E-state index in [4.69, 9.17) is 11.6 Å². The number of aryl methyl sites for hydroxylation is 1. The number of carbonyl (C=O) groups excluding carboxylic acids is 1. The lowest BCUT2D eigenvalue weighted by Crippen LogP contribution is -2.46. The zero-order valence-corrected chi connectivity index (χ0v) is 14.6. The Morgan fingerprint density at radius 3 is 2.81 bits per heavy atom. The molecule has 21 heavy (non-hydrogen) atoms. The minimum Gasteiger partial charge on any atom is -0.480 e. The second kappa shape index (κ2) is 6.46. The molecule has 114 valence electrons. The highest BCUT2D eigenvalue weighted by Gasteiger charge is 2.39. The molecular formula is C13H14BrClN2O3S. The van der Waals surface area contributed by atoms with Crippen molar-refractivity contribution in [1.82, 2.24) is 4.90 Å². The molecule has 1 aliphatic heterocycles. The summed E-state index contributed by atoms with van der Waals surface area (Å²) < 4.78 is 0.698. The number of rotatable bonds is 2. The molecule has 0 bridgehead atoms. The van der Waals surface area contributed by atoms with Gasteiger partial charge in [-0.05, 0) is 47.5 Å². The Balaban J connectivity index is 2.21. The third kappa shape index (κ3) is 3.46. The highest BCUT2D eigenvalue weighted by atomic mass is 79.9. The van der Waals surface area contributed by atoms with Crippen molar-refractivity contribution in [2.45, 2.75) is 25.3 Å². The summed E-state index contributed by atoms with van der Waals surface area (Å²) in [5, 5.41) is 12.2. The number of carbonyl (C=O) groups is 2. The van der Waals surface area contributed by atoms with Gasteiger partial charge in [-0.1, -0.05) is 11.6 Å². The molecule has 1 aromatic carbocycles. The van der Waals surface area contributed by atoms with Crippen molar-refractivity contribution < 1.29 is 14.7 Å². The summed E-state index contributed by atoms with van der Waals surface area (Å²) in [7, 11) is 0. The highest BCUT2D eigenvalue weighted by Crippen LogP contribution is 2.32. The van der Waals surface area contributed by atoms with E-state index in [1.807, 2.05) is 13.8 Å². The summed E-state index contributed by atoms with van der Waals surface area (Å²) in [5.74, 6) is -0.609. The van der Waals surface area contributed by atoms with Gasteiger partial charge in [0, 0.05) is 15.2 Å². The predicted molar refractivity (Wildman–Crippen MR) is 88.1 cm³/mol. The molecule has 0 aliphatic carbocycles. The average Bonchev–Trinajstić information content (AvgIpc) is 2.78. The van der Waals surface area contributed by atoms with Crippen LogP contribution in [0.3, 0.4) is 0 Å². The Labute approximate surface area is 140 Å². The van der Waals surface area contributed by atoms with Gasteiger partial charge >= 0.3 is 12.0 Å². The molecule has 1 aromatic rings. The van der Waals surface area contributed by atoms with Crippen LogP contribution >= 0.6 is 39.3 Å². The third-order valence-corrected chi connectivity index (χ3v) is 5.51. The summed E-state index contributed by atoms with van der Waals surface area (Å²) in [4.78, 5) is 24.9. The van der Waals surface area contributed by atoms with Gasteiger partial charge in [0.05, 0.1) is 11.1 Å². The Bertz CT molecular complexity index is 599. The second-order valence-corrected chi connectivity index (χ2v) is 7.32. The van der Waals surface area contributed by atoms with Crippen LogP contribution in [-0.2, 0) is 4.79 Å². The van der Waals surface area contributed by atoms with Crippen LogP contribution < -0.4 is 5.32 Å². The second-order valence-electron chi connectivity index (χ2n) is 4.71. The first-order valence-corrected chi connectivity index (χ1v) is 8.42. The number of halogens is 2. The first-order valence-electron chi connectivity index (χ1n) is 6.20. The van der Waals surface area contributed by atoms with Crippen molar-refractivity contribution in [2.75, 3.05) is 11.1 Å². The van der Waals surface area contributed by atoms with Gasteiger partial charge in [-0.2, -0.15) is 0 Å². The van der Waals surface area contributed by atoms with E-state index in [-0.39, 0.29) is 5.37 Å². The van der Waals surface area contributed by atoms with Crippen LogP contribution in [0, 0.1) is 6.92 Å². The molecule has 2 unspecified atom stereocenters. The number of aliphatic carboxylic acids is 1. The first kappa shape index (κ1) is 16.5. The molecule has 1 fully saturated rings. The molecule has 1 heterocycles. The smallest absolute Gasteiger partial charge is 0.327 e. The van der Waals surface area contributed by atoms with E-state index in [1.165, 1.54) is 16.7 Å². The average molecular weight is 394 g/mol. The first-order chi connectivity index (χ1) is 9.81. The van der Waals surface area contributed by atoms with E-state index < -0.39 is 18.0 Å². The molecule has 2 atom stereocenters. The number of carboxylic acid groups (broad SMARTS) is 1. The topological polar surface area (TPSA) is 69.6 Å². The number of anilines is 1. The predicted octanol–water partition coefficient (Wildman–Crippen LogP) is 3.79. The molecule has 1 saturated heterocycles. The van der Waals surface area contributed by atoms with E-state index in [9.17, 15) is 14.7 Å². The molecule has 5 nitrogen and oxygen atoms in total. The Kier molecular flexibility index (Phi) is 5.06. The molecule has 2 amide bonds. The van der Waals surface area contributed by atoms with Crippen LogP contribution in [0.15, 0.2) is 16.6 Å². The van der Waals surface area contributed by atoms with Gasteiger partial charge in [0.2, 0.25) is 0 Å². The van der Waals surface area contributed by atoms with Crippen LogP contribution in [-0.4, -0.2) is 39.2 Å². The lowest BCUT2D eigenvalue weighted by atomic mass is 10.2. The van der Waals surface area contributed by atoms with E-state index >= 15 is 0 Å². The lowest BCUT2D eigenvalue weighted by molar-refractivity contribution is -0.141.